The summed E-state index contributed by atoms with van der Waals surface area (Å²) in [6, 6.07) is 4.17. The largest absolute Gasteiger partial charge is 0.483 e. The number of halogens is 1. The maximum Gasteiger partial charge on any atom is 0.321 e. The van der Waals surface area contributed by atoms with Gasteiger partial charge < -0.3 is 10.1 Å². The highest BCUT2D eigenvalue weighted by atomic mass is 35.5. The van der Waals surface area contributed by atoms with Gasteiger partial charge in [0.25, 0.3) is 5.91 Å². The zero-order valence-electron chi connectivity index (χ0n) is 11.4. The van der Waals surface area contributed by atoms with Gasteiger partial charge in [-0.2, -0.15) is 0 Å². The van der Waals surface area contributed by atoms with Crippen molar-refractivity contribution in [2.45, 2.75) is 25.8 Å². The molecule has 112 valence electrons. The third kappa shape index (κ3) is 4.75. The molecule has 6 nitrogen and oxygen atoms in total. The van der Waals surface area contributed by atoms with E-state index < -0.39 is 11.9 Å². The molecule has 0 radical (unpaired) electrons. The number of amides is 3. The minimum Gasteiger partial charge on any atom is -0.483 e. The molecule has 0 aromatic heterocycles. The zero-order valence-corrected chi connectivity index (χ0v) is 12.2. The molecule has 1 saturated carbocycles. The monoisotopic (exact) mass is 310 g/mol. The fourth-order valence-corrected chi connectivity index (χ4v) is 1.83. The van der Waals surface area contributed by atoms with E-state index in [9.17, 15) is 14.4 Å². The fourth-order valence-electron chi connectivity index (χ4n) is 1.66. The van der Waals surface area contributed by atoms with Crippen LogP contribution in [0, 0.1) is 0 Å². The quantitative estimate of drug-likeness (QED) is 0.814. The summed E-state index contributed by atoms with van der Waals surface area (Å²) >= 11 is 5.81. The van der Waals surface area contributed by atoms with Crippen molar-refractivity contribution in [3.8, 4) is 5.75 Å². The highest BCUT2D eigenvalue weighted by molar-refractivity contribution is 6.31. The smallest absolute Gasteiger partial charge is 0.321 e. The number of ketones is 1. The number of hydrogen-bond donors (Lipinski definition) is 2. The number of urea groups is 1. The van der Waals surface area contributed by atoms with Crippen LogP contribution in [-0.4, -0.2) is 30.4 Å². The molecule has 1 aromatic rings. The zero-order chi connectivity index (χ0) is 15.4. The number of hydrogen-bond acceptors (Lipinski definition) is 4. The summed E-state index contributed by atoms with van der Waals surface area (Å²) in [5, 5.41) is 5.18. The maximum atomic E-state index is 11.6. The van der Waals surface area contributed by atoms with Crippen molar-refractivity contribution in [2.24, 2.45) is 0 Å². The first kappa shape index (κ1) is 15.3. The van der Waals surface area contributed by atoms with Crippen molar-refractivity contribution in [3.05, 3.63) is 28.8 Å². The molecule has 0 aliphatic heterocycles. The molecule has 0 unspecified atom stereocenters. The van der Waals surface area contributed by atoms with Gasteiger partial charge in [0.05, 0.1) is 5.56 Å². The third-order valence-corrected chi connectivity index (χ3v) is 3.08. The Morgan fingerprint density at radius 2 is 2.05 bits per heavy atom. The van der Waals surface area contributed by atoms with E-state index in [1.807, 2.05) is 0 Å². The Bertz CT molecular complexity index is 584. The lowest BCUT2D eigenvalue weighted by molar-refractivity contribution is -0.122. The van der Waals surface area contributed by atoms with Gasteiger partial charge in [0, 0.05) is 11.1 Å². The van der Waals surface area contributed by atoms with Gasteiger partial charge in [-0.15, -0.1) is 0 Å². The van der Waals surface area contributed by atoms with Crippen LogP contribution in [0.5, 0.6) is 5.75 Å². The number of rotatable bonds is 5. The van der Waals surface area contributed by atoms with Crippen LogP contribution in [0.3, 0.4) is 0 Å². The van der Waals surface area contributed by atoms with Gasteiger partial charge in [0.1, 0.15) is 5.75 Å². The van der Waals surface area contributed by atoms with Gasteiger partial charge in [0.2, 0.25) is 0 Å². The van der Waals surface area contributed by atoms with Gasteiger partial charge in [-0.3, -0.25) is 14.9 Å². The summed E-state index contributed by atoms with van der Waals surface area (Å²) < 4.78 is 5.27. The predicted octanol–water partition coefficient (Wildman–Crippen LogP) is 1.91. The number of carbonyl (C=O) groups excluding carboxylic acids is 3. The van der Waals surface area contributed by atoms with Crippen LogP contribution in [0.1, 0.15) is 30.1 Å². The summed E-state index contributed by atoms with van der Waals surface area (Å²) in [6.07, 6.45) is 1.87. The second-order valence-electron chi connectivity index (χ2n) is 4.78. The number of nitrogens with one attached hydrogen (secondary N) is 2. The Morgan fingerprint density at radius 3 is 2.67 bits per heavy atom. The molecule has 3 amide bonds. The Kier molecular flexibility index (Phi) is 4.80. The molecule has 1 fully saturated rings. The predicted molar refractivity (Wildman–Crippen MR) is 76.6 cm³/mol. The van der Waals surface area contributed by atoms with Crippen molar-refractivity contribution in [1.29, 1.82) is 0 Å². The van der Waals surface area contributed by atoms with Gasteiger partial charge in [-0.05, 0) is 38.0 Å². The lowest BCUT2D eigenvalue weighted by Gasteiger charge is -2.10. The average molecular weight is 311 g/mol. The van der Waals surface area contributed by atoms with Crippen LogP contribution in [0.15, 0.2) is 18.2 Å². The van der Waals surface area contributed by atoms with Crippen LogP contribution >= 0.6 is 11.6 Å². The first-order valence-electron chi connectivity index (χ1n) is 6.49. The minimum atomic E-state index is -0.586. The van der Waals surface area contributed by atoms with E-state index in [0.717, 1.165) is 12.8 Å². The van der Waals surface area contributed by atoms with E-state index in [4.69, 9.17) is 16.3 Å². The molecule has 0 saturated heterocycles. The molecule has 2 rings (SSSR count). The third-order valence-electron chi connectivity index (χ3n) is 2.85. The summed E-state index contributed by atoms with van der Waals surface area (Å²) in [7, 11) is 0. The molecule has 7 heteroatoms. The first-order chi connectivity index (χ1) is 9.95. The lowest BCUT2D eigenvalue weighted by Crippen LogP contribution is -2.42. The van der Waals surface area contributed by atoms with E-state index in [2.05, 4.69) is 10.6 Å². The first-order valence-corrected chi connectivity index (χ1v) is 6.87. The van der Waals surface area contributed by atoms with Crippen LogP contribution < -0.4 is 15.4 Å². The molecule has 1 aromatic carbocycles. The van der Waals surface area contributed by atoms with Crippen molar-refractivity contribution in [3.63, 3.8) is 0 Å². The Hall–Kier alpha value is -2.08. The molecular formula is C14H15ClN2O4. The molecular weight excluding hydrogens is 296 g/mol. The second-order valence-corrected chi connectivity index (χ2v) is 5.22. The molecule has 0 heterocycles. The number of ether oxygens (including phenoxy) is 1. The average Bonchev–Trinajstić information content (AvgIpc) is 3.20. The van der Waals surface area contributed by atoms with Gasteiger partial charge in [0.15, 0.2) is 12.4 Å². The summed E-state index contributed by atoms with van der Waals surface area (Å²) in [5.74, 6) is -0.554. The number of carbonyl (C=O) groups is 3. The van der Waals surface area contributed by atoms with E-state index in [-0.39, 0.29) is 29.7 Å². The van der Waals surface area contributed by atoms with Crippen LogP contribution in [-0.2, 0) is 4.79 Å². The summed E-state index contributed by atoms with van der Waals surface area (Å²) in [4.78, 5) is 34.4. The number of benzene rings is 1. The van der Waals surface area contributed by atoms with E-state index >= 15 is 0 Å². The van der Waals surface area contributed by atoms with E-state index in [0.29, 0.717) is 5.02 Å². The Balaban J connectivity index is 1.88. The van der Waals surface area contributed by atoms with Crippen molar-refractivity contribution in [2.75, 3.05) is 6.61 Å². The van der Waals surface area contributed by atoms with Gasteiger partial charge in [-0.1, -0.05) is 11.6 Å². The Morgan fingerprint density at radius 1 is 1.33 bits per heavy atom. The van der Waals surface area contributed by atoms with Crippen molar-refractivity contribution >= 4 is 29.3 Å². The lowest BCUT2D eigenvalue weighted by atomic mass is 10.1. The highest BCUT2D eigenvalue weighted by Gasteiger charge is 2.24. The van der Waals surface area contributed by atoms with Gasteiger partial charge in [-0.25, -0.2) is 4.79 Å². The molecule has 1 aliphatic carbocycles. The molecule has 0 atom stereocenters. The fraction of sp³-hybridized carbons (Fsp3) is 0.357. The Labute approximate surface area is 126 Å². The van der Waals surface area contributed by atoms with E-state index in [1.165, 1.54) is 19.1 Å². The standard InChI is InChI=1S/C14H15ClN2O4/c1-8(18)11-6-9(15)2-5-12(11)21-7-13(19)17-14(20)16-10-3-4-10/h2,5-6,10H,3-4,7H2,1H3,(H2,16,17,19,20). The molecule has 0 bridgehead atoms. The van der Waals surface area contributed by atoms with E-state index in [1.54, 1.807) is 6.07 Å². The second kappa shape index (κ2) is 6.58. The van der Waals surface area contributed by atoms with Crippen LogP contribution in [0.2, 0.25) is 5.02 Å². The topological polar surface area (TPSA) is 84.5 Å². The SMILES string of the molecule is CC(=O)c1cc(Cl)ccc1OCC(=O)NC(=O)NC1CC1. The summed E-state index contributed by atoms with van der Waals surface area (Å²) in [5.41, 5.74) is 0.290. The van der Waals surface area contributed by atoms with Crippen LogP contribution in [0.25, 0.3) is 0 Å². The normalized spacial score (nSPS) is 13.4. The minimum absolute atomic E-state index is 0.166. The molecule has 1 aliphatic rings. The van der Waals surface area contributed by atoms with Gasteiger partial charge >= 0.3 is 6.03 Å². The molecule has 21 heavy (non-hydrogen) atoms. The maximum absolute atomic E-state index is 11.6. The van der Waals surface area contributed by atoms with Crippen molar-refractivity contribution in [1.82, 2.24) is 10.6 Å². The molecule has 0 spiro atoms. The molecule has 2 N–H and O–H groups in total. The number of Topliss-reactive ketones (excluding diaryl/α,β-unsaturated/α-hetero) is 1. The van der Waals surface area contributed by atoms with Crippen molar-refractivity contribution < 1.29 is 19.1 Å². The highest BCUT2D eigenvalue weighted by Crippen LogP contribution is 2.23. The number of imide groups is 1. The summed E-state index contributed by atoms with van der Waals surface area (Å²) in [6.45, 7) is 1.02. The van der Waals surface area contributed by atoms with Crippen LogP contribution in [0.4, 0.5) is 4.79 Å².